The van der Waals surface area contributed by atoms with Crippen molar-refractivity contribution in [1.82, 2.24) is 4.98 Å². The van der Waals surface area contributed by atoms with E-state index in [1.807, 2.05) is 13.8 Å². The maximum Gasteiger partial charge on any atom is 0.340 e. The van der Waals surface area contributed by atoms with Crippen molar-refractivity contribution in [2.45, 2.75) is 20.8 Å². The van der Waals surface area contributed by atoms with Crippen LogP contribution in [0.2, 0.25) is 0 Å². The van der Waals surface area contributed by atoms with Gasteiger partial charge in [-0.25, -0.2) is 9.78 Å². The summed E-state index contributed by atoms with van der Waals surface area (Å²) < 4.78 is 4.95. The van der Waals surface area contributed by atoms with Gasteiger partial charge in [0.1, 0.15) is 5.82 Å². The zero-order valence-electron chi connectivity index (χ0n) is 12.6. The van der Waals surface area contributed by atoms with Gasteiger partial charge in [0, 0.05) is 6.54 Å². The average molecular weight is 294 g/mol. The zero-order chi connectivity index (χ0) is 16.0. The fourth-order valence-corrected chi connectivity index (χ4v) is 1.88. The van der Waals surface area contributed by atoms with Crippen molar-refractivity contribution >= 4 is 23.4 Å². The number of nitrogens with zero attached hydrogens (tertiary/aromatic N) is 2. The second kappa shape index (κ2) is 7.47. The second-order valence-corrected chi connectivity index (χ2v) is 5.09. The summed E-state index contributed by atoms with van der Waals surface area (Å²) in [6.45, 7) is 6.61. The highest BCUT2D eigenvalue weighted by atomic mass is 16.5. The third-order valence-corrected chi connectivity index (χ3v) is 2.67. The van der Waals surface area contributed by atoms with Crippen LogP contribution < -0.4 is 16.4 Å². The molecular formula is C14H22N4O3. The summed E-state index contributed by atoms with van der Waals surface area (Å²) in [6, 6.07) is 1.53. The maximum absolute atomic E-state index is 11.8. The second-order valence-electron chi connectivity index (χ2n) is 5.09. The lowest BCUT2D eigenvalue weighted by molar-refractivity contribution is -0.116. The number of carbonyl (C=O) groups is 2. The first kappa shape index (κ1) is 16.7. The SMILES string of the molecule is CCOC(=O)c1cc(N(CC(N)=O)CC(C)C)ncc1N. The number of primary amides is 1. The molecule has 1 aromatic rings. The molecular weight excluding hydrogens is 272 g/mol. The lowest BCUT2D eigenvalue weighted by Crippen LogP contribution is -2.37. The molecule has 7 heteroatoms. The lowest BCUT2D eigenvalue weighted by atomic mass is 10.2. The molecule has 21 heavy (non-hydrogen) atoms. The van der Waals surface area contributed by atoms with Crippen LogP contribution in [0, 0.1) is 5.92 Å². The first-order valence-electron chi connectivity index (χ1n) is 6.81. The number of aromatic nitrogens is 1. The first-order chi connectivity index (χ1) is 9.85. The molecule has 0 aliphatic heterocycles. The minimum Gasteiger partial charge on any atom is -0.462 e. The van der Waals surface area contributed by atoms with Gasteiger partial charge in [-0.3, -0.25) is 4.79 Å². The van der Waals surface area contributed by atoms with Crippen LogP contribution in [-0.2, 0) is 9.53 Å². The van der Waals surface area contributed by atoms with Crippen LogP contribution in [0.4, 0.5) is 11.5 Å². The molecule has 0 saturated carbocycles. The van der Waals surface area contributed by atoms with E-state index in [0.29, 0.717) is 18.3 Å². The number of anilines is 2. The number of esters is 1. The molecule has 0 bridgehead atoms. The van der Waals surface area contributed by atoms with Crippen molar-refractivity contribution in [3.63, 3.8) is 0 Å². The molecule has 0 atom stereocenters. The molecule has 4 N–H and O–H groups in total. The van der Waals surface area contributed by atoms with Crippen LogP contribution in [0.5, 0.6) is 0 Å². The number of amides is 1. The Kier molecular flexibility index (Phi) is 5.95. The Labute approximate surface area is 124 Å². The first-order valence-corrected chi connectivity index (χ1v) is 6.81. The molecule has 0 radical (unpaired) electrons. The van der Waals surface area contributed by atoms with Crippen molar-refractivity contribution in [3.05, 3.63) is 17.8 Å². The van der Waals surface area contributed by atoms with Gasteiger partial charge < -0.3 is 21.1 Å². The molecule has 1 aromatic heterocycles. The van der Waals surface area contributed by atoms with Gasteiger partial charge in [0.25, 0.3) is 0 Å². The highest BCUT2D eigenvalue weighted by Gasteiger charge is 2.17. The van der Waals surface area contributed by atoms with Gasteiger partial charge in [-0.05, 0) is 18.9 Å². The van der Waals surface area contributed by atoms with E-state index in [-0.39, 0.29) is 24.4 Å². The van der Waals surface area contributed by atoms with Crippen molar-refractivity contribution in [3.8, 4) is 0 Å². The fourth-order valence-electron chi connectivity index (χ4n) is 1.88. The summed E-state index contributed by atoms with van der Waals surface area (Å²) >= 11 is 0. The number of carbonyl (C=O) groups excluding carboxylic acids is 2. The largest absolute Gasteiger partial charge is 0.462 e. The number of rotatable bonds is 7. The highest BCUT2D eigenvalue weighted by molar-refractivity contribution is 5.95. The quantitative estimate of drug-likeness (QED) is 0.719. The Hall–Kier alpha value is -2.31. The van der Waals surface area contributed by atoms with Crippen molar-refractivity contribution < 1.29 is 14.3 Å². The number of hydrogen-bond donors (Lipinski definition) is 2. The topological polar surface area (TPSA) is 112 Å². The number of pyridine rings is 1. The normalized spacial score (nSPS) is 10.5. The molecule has 116 valence electrons. The Balaban J connectivity index is 3.11. The Morgan fingerprint density at radius 1 is 1.43 bits per heavy atom. The van der Waals surface area contributed by atoms with E-state index in [4.69, 9.17) is 16.2 Å². The van der Waals surface area contributed by atoms with E-state index in [1.165, 1.54) is 12.3 Å². The van der Waals surface area contributed by atoms with Gasteiger partial charge in [-0.15, -0.1) is 0 Å². The molecule has 0 aromatic carbocycles. The Morgan fingerprint density at radius 2 is 2.10 bits per heavy atom. The van der Waals surface area contributed by atoms with Gasteiger partial charge in [-0.2, -0.15) is 0 Å². The molecule has 0 fully saturated rings. The standard InChI is InChI=1S/C14H22N4O3/c1-4-21-14(20)10-5-13(17-6-11(10)15)18(7-9(2)3)8-12(16)19/h5-6,9H,4,7-8,15H2,1-3H3,(H2,16,19). The third-order valence-electron chi connectivity index (χ3n) is 2.67. The molecule has 1 amide bonds. The van der Waals surface area contributed by atoms with Crippen LogP contribution in [0.15, 0.2) is 12.3 Å². The van der Waals surface area contributed by atoms with Gasteiger partial charge in [0.15, 0.2) is 0 Å². The summed E-state index contributed by atoms with van der Waals surface area (Å²) in [5, 5.41) is 0. The molecule has 0 aliphatic carbocycles. The van der Waals surface area contributed by atoms with Gasteiger partial charge >= 0.3 is 5.97 Å². The summed E-state index contributed by atoms with van der Waals surface area (Å²) in [6.07, 6.45) is 1.38. The smallest absolute Gasteiger partial charge is 0.340 e. The Morgan fingerprint density at radius 3 is 2.62 bits per heavy atom. The van der Waals surface area contributed by atoms with E-state index >= 15 is 0 Å². The number of ether oxygens (including phenoxy) is 1. The van der Waals surface area contributed by atoms with Gasteiger partial charge in [0.05, 0.1) is 30.6 Å². The third kappa shape index (κ3) is 4.94. The molecule has 0 saturated heterocycles. The van der Waals surface area contributed by atoms with E-state index in [0.717, 1.165) is 0 Å². The average Bonchev–Trinajstić information content (AvgIpc) is 2.37. The summed E-state index contributed by atoms with van der Waals surface area (Å²) in [5.74, 6) is -0.205. The monoisotopic (exact) mass is 294 g/mol. The van der Waals surface area contributed by atoms with Crippen LogP contribution in [-0.4, -0.2) is 36.6 Å². The van der Waals surface area contributed by atoms with E-state index in [9.17, 15) is 9.59 Å². The molecule has 1 heterocycles. The highest BCUT2D eigenvalue weighted by Crippen LogP contribution is 2.20. The Bertz CT molecular complexity index is 517. The maximum atomic E-state index is 11.8. The van der Waals surface area contributed by atoms with Crippen LogP contribution in [0.25, 0.3) is 0 Å². The zero-order valence-corrected chi connectivity index (χ0v) is 12.6. The predicted octanol–water partition coefficient (Wildman–Crippen LogP) is 0.788. The van der Waals surface area contributed by atoms with Crippen molar-refractivity contribution in [2.24, 2.45) is 11.7 Å². The molecule has 0 unspecified atom stereocenters. The van der Waals surface area contributed by atoms with Gasteiger partial charge in [0.2, 0.25) is 5.91 Å². The fraction of sp³-hybridized carbons (Fsp3) is 0.500. The molecule has 7 nitrogen and oxygen atoms in total. The van der Waals surface area contributed by atoms with Crippen molar-refractivity contribution in [1.29, 1.82) is 0 Å². The van der Waals surface area contributed by atoms with E-state index < -0.39 is 11.9 Å². The number of nitrogen functional groups attached to an aromatic ring is 1. The minimum atomic E-state index is -0.512. The van der Waals surface area contributed by atoms with Crippen LogP contribution in [0.3, 0.4) is 0 Å². The number of nitrogens with two attached hydrogens (primary N) is 2. The lowest BCUT2D eigenvalue weighted by Gasteiger charge is -2.24. The van der Waals surface area contributed by atoms with Crippen LogP contribution >= 0.6 is 0 Å². The van der Waals surface area contributed by atoms with E-state index in [2.05, 4.69) is 4.98 Å². The summed E-state index contributed by atoms with van der Waals surface area (Å²) in [5.41, 5.74) is 11.5. The summed E-state index contributed by atoms with van der Waals surface area (Å²) in [7, 11) is 0. The van der Waals surface area contributed by atoms with Crippen molar-refractivity contribution in [2.75, 3.05) is 30.3 Å². The van der Waals surface area contributed by atoms with Gasteiger partial charge in [-0.1, -0.05) is 13.8 Å². The predicted molar refractivity (Wildman–Crippen MR) is 80.9 cm³/mol. The molecule has 0 aliphatic rings. The van der Waals surface area contributed by atoms with Crippen LogP contribution in [0.1, 0.15) is 31.1 Å². The van der Waals surface area contributed by atoms with E-state index in [1.54, 1.807) is 11.8 Å². The minimum absolute atomic E-state index is 0.0252. The molecule has 1 rings (SSSR count). The number of hydrogen-bond acceptors (Lipinski definition) is 6. The molecule has 0 spiro atoms. The summed E-state index contributed by atoms with van der Waals surface area (Å²) in [4.78, 5) is 28.9.